The van der Waals surface area contributed by atoms with Gasteiger partial charge in [-0.2, -0.15) is 0 Å². The van der Waals surface area contributed by atoms with Crippen LogP contribution in [0.3, 0.4) is 0 Å². The predicted octanol–water partition coefficient (Wildman–Crippen LogP) is 3.56. The molecule has 9 heteroatoms. The summed E-state index contributed by atoms with van der Waals surface area (Å²) in [7, 11) is 0. The van der Waals surface area contributed by atoms with E-state index in [1.54, 1.807) is 42.7 Å². The number of aromatic nitrogens is 3. The Bertz CT molecular complexity index is 1140. The Kier molecular flexibility index (Phi) is 4.35. The number of anilines is 2. The molecular formula is C18H13N5O3S. The van der Waals surface area contributed by atoms with Crippen molar-refractivity contribution in [3.8, 4) is 11.3 Å². The van der Waals surface area contributed by atoms with Gasteiger partial charge in [-0.25, -0.2) is 4.98 Å². The first kappa shape index (κ1) is 16.9. The van der Waals surface area contributed by atoms with Crippen LogP contribution in [0.25, 0.3) is 21.5 Å². The van der Waals surface area contributed by atoms with E-state index in [1.165, 1.54) is 18.3 Å². The van der Waals surface area contributed by atoms with Crippen molar-refractivity contribution in [1.29, 1.82) is 0 Å². The summed E-state index contributed by atoms with van der Waals surface area (Å²) in [5.74, 6) is -0.115. The molecule has 0 saturated carbocycles. The molecule has 3 heterocycles. The normalized spacial score (nSPS) is 10.7. The first-order chi connectivity index (χ1) is 13.1. The van der Waals surface area contributed by atoms with Crippen molar-refractivity contribution < 1.29 is 14.1 Å². The Morgan fingerprint density at radius 2 is 2.04 bits per heavy atom. The molecule has 3 aromatic heterocycles. The molecule has 0 unspecified atom stereocenters. The molecule has 0 spiro atoms. The number of nitrogens with zero attached hydrogens (tertiary/aromatic N) is 3. The first-order valence-corrected chi connectivity index (χ1v) is 8.77. The van der Waals surface area contributed by atoms with Crippen molar-refractivity contribution in [3.63, 3.8) is 0 Å². The minimum atomic E-state index is -0.421. The number of hydrogen-bond acceptors (Lipinski definition) is 7. The Hall–Kier alpha value is -3.59. The van der Waals surface area contributed by atoms with E-state index in [4.69, 9.17) is 4.52 Å². The molecule has 0 bridgehead atoms. The van der Waals surface area contributed by atoms with E-state index >= 15 is 0 Å². The second kappa shape index (κ2) is 6.96. The van der Waals surface area contributed by atoms with E-state index in [-0.39, 0.29) is 11.6 Å². The lowest BCUT2D eigenvalue weighted by molar-refractivity contribution is -0.114. The molecule has 0 aliphatic heterocycles. The Balaban J connectivity index is 1.52. The van der Waals surface area contributed by atoms with E-state index in [0.29, 0.717) is 16.6 Å². The van der Waals surface area contributed by atoms with Crippen LogP contribution in [0.15, 0.2) is 53.3 Å². The minimum absolute atomic E-state index is 0.145. The molecule has 134 valence electrons. The average molecular weight is 379 g/mol. The highest BCUT2D eigenvalue weighted by Gasteiger charge is 2.16. The summed E-state index contributed by atoms with van der Waals surface area (Å²) in [4.78, 5) is 31.9. The van der Waals surface area contributed by atoms with E-state index in [0.717, 1.165) is 15.8 Å². The molecule has 4 aromatic rings. The van der Waals surface area contributed by atoms with Crippen molar-refractivity contribution in [2.45, 2.75) is 6.92 Å². The molecule has 4 rings (SSSR count). The summed E-state index contributed by atoms with van der Waals surface area (Å²) in [5.41, 5.74) is 2.27. The van der Waals surface area contributed by atoms with E-state index < -0.39 is 5.91 Å². The molecular weight excluding hydrogens is 366 g/mol. The molecule has 27 heavy (non-hydrogen) atoms. The van der Waals surface area contributed by atoms with Crippen LogP contribution in [0.5, 0.6) is 0 Å². The summed E-state index contributed by atoms with van der Waals surface area (Å²) in [6, 6.07) is 10.5. The average Bonchev–Trinajstić information content (AvgIpc) is 3.28. The maximum atomic E-state index is 12.4. The van der Waals surface area contributed by atoms with Gasteiger partial charge in [-0.05, 0) is 30.3 Å². The molecule has 2 N–H and O–H groups in total. The lowest BCUT2D eigenvalue weighted by atomic mass is 10.2. The van der Waals surface area contributed by atoms with Crippen LogP contribution in [-0.4, -0.2) is 26.9 Å². The van der Waals surface area contributed by atoms with Crippen LogP contribution >= 0.6 is 11.3 Å². The van der Waals surface area contributed by atoms with Gasteiger partial charge < -0.3 is 9.84 Å². The molecule has 0 aliphatic rings. The van der Waals surface area contributed by atoms with Gasteiger partial charge in [-0.15, -0.1) is 0 Å². The molecule has 1 aromatic carbocycles. The highest BCUT2D eigenvalue weighted by atomic mass is 32.1. The highest BCUT2D eigenvalue weighted by Crippen LogP contribution is 2.29. The van der Waals surface area contributed by atoms with Crippen molar-refractivity contribution in [1.82, 2.24) is 15.1 Å². The first-order valence-electron chi connectivity index (χ1n) is 7.95. The highest BCUT2D eigenvalue weighted by molar-refractivity contribution is 7.22. The number of fused-ring (bicyclic) bond motifs is 1. The molecule has 8 nitrogen and oxygen atoms in total. The number of rotatable bonds is 4. The summed E-state index contributed by atoms with van der Waals surface area (Å²) < 4.78 is 6.05. The number of amides is 2. The quantitative estimate of drug-likeness (QED) is 0.561. The third-order valence-electron chi connectivity index (χ3n) is 3.62. The van der Waals surface area contributed by atoms with Gasteiger partial charge in [0.05, 0.1) is 10.2 Å². The fraction of sp³-hybridized carbons (Fsp3) is 0.0556. The van der Waals surface area contributed by atoms with Crippen molar-refractivity contribution in [2.24, 2.45) is 0 Å². The Morgan fingerprint density at radius 3 is 2.81 bits per heavy atom. The fourth-order valence-corrected chi connectivity index (χ4v) is 3.35. The van der Waals surface area contributed by atoms with Gasteiger partial charge in [0.25, 0.3) is 5.91 Å². The summed E-state index contributed by atoms with van der Waals surface area (Å²) in [6.45, 7) is 1.44. The second-order valence-electron chi connectivity index (χ2n) is 5.65. The number of benzene rings is 1. The van der Waals surface area contributed by atoms with Crippen LogP contribution in [0.1, 0.15) is 17.4 Å². The molecule has 0 saturated heterocycles. The van der Waals surface area contributed by atoms with Gasteiger partial charge in [0.2, 0.25) is 5.91 Å². The summed E-state index contributed by atoms with van der Waals surface area (Å²) >= 11 is 1.30. The zero-order valence-electron chi connectivity index (χ0n) is 14.1. The minimum Gasteiger partial charge on any atom is -0.355 e. The van der Waals surface area contributed by atoms with E-state index in [9.17, 15) is 9.59 Å². The van der Waals surface area contributed by atoms with Gasteiger partial charge in [0.1, 0.15) is 0 Å². The lowest BCUT2D eigenvalue weighted by Gasteiger charge is -1.99. The maximum Gasteiger partial charge on any atom is 0.279 e. The van der Waals surface area contributed by atoms with Crippen LogP contribution < -0.4 is 10.6 Å². The van der Waals surface area contributed by atoms with Crippen LogP contribution in [0.2, 0.25) is 0 Å². The number of hydrogen-bond donors (Lipinski definition) is 2. The van der Waals surface area contributed by atoms with Crippen molar-refractivity contribution in [2.75, 3.05) is 10.6 Å². The van der Waals surface area contributed by atoms with Gasteiger partial charge in [-0.1, -0.05) is 16.5 Å². The maximum absolute atomic E-state index is 12.4. The van der Waals surface area contributed by atoms with Crippen molar-refractivity contribution in [3.05, 3.63) is 54.5 Å². The monoisotopic (exact) mass is 379 g/mol. The molecule has 0 fully saturated rings. The summed E-state index contributed by atoms with van der Waals surface area (Å²) in [5, 5.41) is 9.67. The SMILES string of the molecule is CC(=O)Nc1ccc2nc(NC(=O)c3cc(-c4cccnc4)on3)sc2c1. The molecule has 0 radical (unpaired) electrons. The van der Waals surface area contributed by atoms with Gasteiger partial charge >= 0.3 is 0 Å². The second-order valence-corrected chi connectivity index (χ2v) is 6.69. The zero-order valence-corrected chi connectivity index (χ0v) is 14.9. The lowest BCUT2D eigenvalue weighted by Crippen LogP contribution is -2.11. The van der Waals surface area contributed by atoms with Crippen LogP contribution in [-0.2, 0) is 4.79 Å². The molecule has 2 amide bonds. The topological polar surface area (TPSA) is 110 Å². The molecule has 0 aliphatic carbocycles. The summed E-state index contributed by atoms with van der Waals surface area (Å²) in [6.07, 6.45) is 3.28. The van der Waals surface area contributed by atoms with Crippen molar-refractivity contribution >= 4 is 44.2 Å². The van der Waals surface area contributed by atoms with Crippen LogP contribution in [0.4, 0.5) is 10.8 Å². The third kappa shape index (κ3) is 3.67. The number of pyridine rings is 1. The van der Waals surface area contributed by atoms with E-state index in [2.05, 4.69) is 25.8 Å². The number of carbonyl (C=O) groups excluding carboxylic acids is 2. The van der Waals surface area contributed by atoms with Gasteiger partial charge in [0.15, 0.2) is 16.6 Å². The van der Waals surface area contributed by atoms with Gasteiger partial charge in [-0.3, -0.25) is 19.9 Å². The molecule has 0 atom stereocenters. The van der Waals surface area contributed by atoms with Crippen LogP contribution in [0, 0.1) is 0 Å². The zero-order chi connectivity index (χ0) is 18.8. The number of nitrogens with one attached hydrogen (secondary N) is 2. The standard InChI is InChI=1S/C18H13N5O3S/c1-10(24)20-12-4-5-13-16(7-12)27-18(21-13)22-17(25)14-8-15(26-23-14)11-3-2-6-19-9-11/h2-9H,1H3,(H,20,24)(H,21,22,25). The largest absolute Gasteiger partial charge is 0.355 e. The van der Waals surface area contributed by atoms with Gasteiger partial charge in [0, 0.05) is 36.6 Å². The third-order valence-corrected chi connectivity index (χ3v) is 4.55. The number of thiazole rings is 1. The predicted molar refractivity (Wildman–Crippen MR) is 102 cm³/mol. The van der Waals surface area contributed by atoms with E-state index in [1.807, 2.05) is 6.07 Å². The smallest absolute Gasteiger partial charge is 0.279 e. The number of carbonyl (C=O) groups is 2. The Morgan fingerprint density at radius 1 is 1.15 bits per heavy atom. The fourth-order valence-electron chi connectivity index (χ4n) is 2.45. The Labute approximate surface area is 157 Å².